The fourth-order valence-electron chi connectivity index (χ4n) is 3.48. The van der Waals surface area contributed by atoms with Crippen LogP contribution in [-0.4, -0.2) is 56.9 Å². The van der Waals surface area contributed by atoms with Crippen molar-refractivity contribution in [1.29, 1.82) is 0 Å². The number of nitrogens with one attached hydrogen (secondary N) is 1. The number of sulfone groups is 1. The van der Waals surface area contributed by atoms with Gasteiger partial charge in [-0.05, 0) is 56.7 Å². The summed E-state index contributed by atoms with van der Waals surface area (Å²) in [6.45, 7) is 6.05. The van der Waals surface area contributed by atoms with Crippen LogP contribution in [0.3, 0.4) is 0 Å². The van der Waals surface area contributed by atoms with Gasteiger partial charge in [0.2, 0.25) is 5.91 Å². The average Bonchev–Trinajstić information content (AvgIpc) is 2.59. The fraction of sp³-hybridized carbons (Fsp3) is 0.650. The van der Waals surface area contributed by atoms with Gasteiger partial charge in [0.05, 0.1) is 5.75 Å². The summed E-state index contributed by atoms with van der Waals surface area (Å²) in [7, 11) is -3.34. The van der Waals surface area contributed by atoms with Gasteiger partial charge in [0.15, 0.2) is 9.84 Å². The number of piperidine rings is 1. The van der Waals surface area contributed by atoms with Crippen molar-refractivity contribution in [2.75, 3.05) is 37.7 Å². The van der Waals surface area contributed by atoms with Crippen molar-refractivity contribution in [3.05, 3.63) is 35.9 Å². The summed E-state index contributed by atoms with van der Waals surface area (Å²) in [4.78, 5) is 14.3. The third kappa shape index (κ3) is 8.32. The molecule has 1 aromatic carbocycles. The third-order valence-electron chi connectivity index (χ3n) is 4.83. The lowest BCUT2D eigenvalue weighted by atomic mass is 10.0. The zero-order valence-electron chi connectivity index (χ0n) is 15.8. The summed E-state index contributed by atoms with van der Waals surface area (Å²) in [6.07, 6.45) is 4.68. The van der Waals surface area contributed by atoms with E-state index in [1.165, 1.54) is 12.8 Å². The van der Waals surface area contributed by atoms with Gasteiger partial charge in [-0.15, -0.1) is 0 Å². The van der Waals surface area contributed by atoms with Crippen molar-refractivity contribution < 1.29 is 13.2 Å². The van der Waals surface area contributed by atoms with Gasteiger partial charge < -0.3 is 10.2 Å². The van der Waals surface area contributed by atoms with E-state index < -0.39 is 15.6 Å². The molecule has 1 amide bonds. The minimum atomic E-state index is -3.34. The second-order valence-electron chi connectivity index (χ2n) is 7.43. The summed E-state index contributed by atoms with van der Waals surface area (Å²) in [5.41, 5.74) is 1.12. The standard InChI is InChI=1S/C20H32N2O3S/c1-18-8-5-13-22(16-18)14-7-12-21-20(23)17-26(24,25)15-6-11-19-9-3-2-4-10-19/h2-4,9-10,18H,5-8,11-17H2,1H3,(H,21,23). The number of hydrogen-bond donors (Lipinski definition) is 1. The first kappa shape index (κ1) is 20.9. The number of rotatable bonds is 10. The number of nitrogens with zero attached hydrogens (tertiary/aromatic N) is 1. The maximum Gasteiger partial charge on any atom is 0.235 e. The van der Waals surface area contributed by atoms with Crippen molar-refractivity contribution in [2.45, 2.75) is 39.0 Å². The molecule has 1 N–H and O–H groups in total. The molecule has 1 atom stereocenters. The summed E-state index contributed by atoms with van der Waals surface area (Å²) in [5.74, 6) is 0.0277. The van der Waals surface area contributed by atoms with E-state index in [1.54, 1.807) is 0 Å². The van der Waals surface area contributed by atoms with Crippen LogP contribution in [-0.2, 0) is 21.1 Å². The third-order valence-corrected chi connectivity index (χ3v) is 6.44. The molecule has 0 radical (unpaired) electrons. The van der Waals surface area contributed by atoms with Crippen LogP contribution in [0.25, 0.3) is 0 Å². The fourth-order valence-corrected chi connectivity index (χ4v) is 4.71. The highest BCUT2D eigenvalue weighted by Crippen LogP contribution is 2.15. The number of likely N-dealkylation sites (tertiary alicyclic amines) is 1. The average molecular weight is 381 g/mol. The monoisotopic (exact) mass is 380 g/mol. The van der Waals surface area contributed by atoms with Gasteiger partial charge in [-0.1, -0.05) is 37.3 Å². The number of carbonyl (C=O) groups excluding carboxylic acids is 1. The van der Waals surface area contributed by atoms with E-state index in [-0.39, 0.29) is 11.7 Å². The van der Waals surface area contributed by atoms with Gasteiger partial charge in [-0.3, -0.25) is 4.79 Å². The number of aryl methyl sites for hydroxylation is 1. The van der Waals surface area contributed by atoms with Crippen molar-refractivity contribution in [3.8, 4) is 0 Å². The highest BCUT2D eigenvalue weighted by atomic mass is 32.2. The molecule has 1 aliphatic heterocycles. The number of carbonyl (C=O) groups is 1. The first-order valence-electron chi connectivity index (χ1n) is 9.68. The van der Waals surface area contributed by atoms with Crippen LogP contribution in [0.15, 0.2) is 30.3 Å². The van der Waals surface area contributed by atoms with E-state index in [9.17, 15) is 13.2 Å². The van der Waals surface area contributed by atoms with Crippen LogP contribution in [0, 0.1) is 5.92 Å². The molecule has 1 aliphatic rings. The van der Waals surface area contributed by atoms with Crippen LogP contribution in [0.5, 0.6) is 0 Å². The Labute approximate surface area is 158 Å². The lowest BCUT2D eigenvalue weighted by Crippen LogP contribution is -2.37. The van der Waals surface area contributed by atoms with Crippen molar-refractivity contribution in [3.63, 3.8) is 0 Å². The molecule has 26 heavy (non-hydrogen) atoms. The van der Waals surface area contributed by atoms with Crippen molar-refractivity contribution in [1.82, 2.24) is 10.2 Å². The van der Waals surface area contributed by atoms with E-state index in [4.69, 9.17) is 0 Å². The number of hydrogen-bond acceptors (Lipinski definition) is 4. The van der Waals surface area contributed by atoms with Crippen molar-refractivity contribution >= 4 is 15.7 Å². The molecule has 0 aliphatic carbocycles. The highest BCUT2D eigenvalue weighted by molar-refractivity contribution is 7.92. The summed E-state index contributed by atoms with van der Waals surface area (Å²) >= 11 is 0. The molecule has 0 saturated carbocycles. The van der Waals surface area contributed by atoms with E-state index in [0.717, 1.165) is 44.0 Å². The van der Waals surface area contributed by atoms with Crippen LogP contribution in [0.1, 0.15) is 38.2 Å². The Morgan fingerprint density at radius 2 is 2.00 bits per heavy atom. The molecular formula is C20H32N2O3S. The maximum absolute atomic E-state index is 12.1. The van der Waals surface area contributed by atoms with Gasteiger partial charge >= 0.3 is 0 Å². The normalized spacial score (nSPS) is 18.6. The second kappa shape index (κ2) is 10.7. The maximum atomic E-state index is 12.1. The predicted molar refractivity (Wildman–Crippen MR) is 106 cm³/mol. The summed E-state index contributed by atoms with van der Waals surface area (Å²) < 4.78 is 24.2. The minimum absolute atomic E-state index is 0.0565. The SMILES string of the molecule is CC1CCCN(CCCNC(=O)CS(=O)(=O)CCCc2ccccc2)C1. The molecule has 1 unspecified atom stereocenters. The van der Waals surface area contributed by atoms with Crippen LogP contribution >= 0.6 is 0 Å². The molecule has 1 heterocycles. The van der Waals surface area contributed by atoms with Gasteiger partial charge in [-0.2, -0.15) is 0 Å². The quantitative estimate of drug-likeness (QED) is 0.633. The van der Waals surface area contributed by atoms with E-state index in [0.29, 0.717) is 13.0 Å². The van der Waals surface area contributed by atoms with Crippen LogP contribution < -0.4 is 5.32 Å². The summed E-state index contributed by atoms with van der Waals surface area (Å²) in [5, 5.41) is 2.75. The molecule has 1 saturated heterocycles. The lowest BCUT2D eigenvalue weighted by molar-refractivity contribution is -0.118. The molecule has 0 bridgehead atoms. The second-order valence-corrected chi connectivity index (χ2v) is 9.62. The molecule has 0 aromatic heterocycles. The lowest BCUT2D eigenvalue weighted by Gasteiger charge is -2.30. The number of amides is 1. The Morgan fingerprint density at radius 3 is 2.73 bits per heavy atom. The highest BCUT2D eigenvalue weighted by Gasteiger charge is 2.17. The van der Waals surface area contributed by atoms with Crippen LogP contribution in [0.4, 0.5) is 0 Å². The predicted octanol–water partition coefficient (Wildman–Crippen LogP) is 2.27. The Balaban J connectivity index is 1.58. The number of benzene rings is 1. The van der Waals surface area contributed by atoms with E-state index >= 15 is 0 Å². The van der Waals surface area contributed by atoms with Gasteiger partial charge in [-0.25, -0.2) is 8.42 Å². The minimum Gasteiger partial charge on any atom is -0.355 e. The Kier molecular flexibility index (Phi) is 8.59. The Hall–Kier alpha value is -1.40. The zero-order valence-corrected chi connectivity index (χ0v) is 16.6. The van der Waals surface area contributed by atoms with E-state index in [2.05, 4.69) is 17.1 Å². The molecule has 5 nitrogen and oxygen atoms in total. The molecule has 0 spiro atoms. The Morgan fingerprint density at radius 1 is 1.23 bits per heavy atom. The molecule has 1 aromatic rings. The van der Waals surface area contributed by atoms with E-state index in [1.807, 2.05) is 30.3 Å². The summed E-state index contributed by atoms with van der Waals surface area (Å²) in [6, 6.07) is 9.81. The molecule has 6 heteroatoms. The largest absolute Gasteiger partial charge is 0.355 e. The first-order valence-corrected chi connectivity index (χ1v) is 11.5. The van der Waals surface area contributed by atoms with Crippen molar-refractivity contribution in [2.24, 2.45) is 5.92 Å². The smallest absolute Gasteiger partial charge is 0.235 e. The molecular weight excluding hydrogens is 348 g/mol. The topological polar surface area (TPSA) is 66.5 Å². The van der Waals surface area contributed by atoms with Gasteiger partial charge in [0, 0.05) is 13.1 Å². The van der Waals surface area contributed by atoms with Gasteiger partial charge in [0.25, 0.3) is 0 Å². The molecule has 2 rings (SSSR count). The first-order chi connectivity index (χ1) is 12.4. The van der Waals surface area contributed by atoms with Crippen LogP contribution in [0.2, 0.25) is 0 Å². The molecule has 146 valence electrons. The zero-order chi connectivity index (χ0) is 18.8. The Bertz CT molecular complexity index is 646. The van der Waals surface area contributed by atoms with Gasteiger partial charge in [0.1, 0.15) is 5.75 Å². The molecule has 1 fully saturated rings.